The molecule has 3 aliphatic carbocycles. The first kappa shape index (κ1) is 23.4. The van der Waals surface area contributed by atoms with Gasteiger partial charge in [-0.05, 0) is 54.6 Å². The van der Waals surface area contributed by atoms with Gasteiger partial charge in [-0.25, -0.2) is 0 Å². The number of hydroxylamine groups is 2. The number of rotatable bonds is 7. The molecule has 2 bridgehead atoms. The second kappa shape index (κ2) is 8.86. The SMILES string of the molecule is C[C@@H]1C(NC(=O)[C@@H]2C([C@H](C)O)[C@H](CO)ON2Cc2cccc(C=O)c2)CC2CC1C2(C)C. The maximum Gasteiger partial charge on any atom is 0.240 e. The number of aliphatic hydroxyl groups excluding tert-OH is 2. The molecular weight excluding hydrogens is 408 g/mol. The number of aliphatic hydroxyl groups is 2. The van der Waals surface area contributed by atoms with Crippen LogP contribution in [0.3, 0.4) is 0 Å². The van der Waals surface area contributed by atoms with Crippen molar-refractivity contribution in [3.63, 3.8) is 0 Å². The summed E-state index contributed by atoms with van der Waals surface area (Å²) in [4.78, 5) is 30.7. The van der Waals surface area contributed by atoms with Crippen LogP contribution >= 0.6 is 0 Å². The van der Waals surface area contributed by atoms with Gasteiger partial charge >= 0.3 is 0 Å². The minimum atomic E-state index is -0.828. The molecule has 1 saturated heterocycles. The molecule has 0 spiro atoms. The Morgan fingerprint density at radius 1 is 1.38 bits per heavy atom. The van der Waals surface area contributed by atoms with Crippen molar-refractivity contribution in [3.8, 4) is 0 Å². The van der Waals surface area contributed by atoms with Crippen molar-refractivity contribution in [2.75, 3.05) is 6.61 Å². The third kappa shape index (κ3) is 4.00. The van der Waals surface area contributed by atoms with E-state index in [1.807, 2.05) is 6.07 Å². The molecule has 1 aromatic carbocycles. The summed E-state index contributed by atoms with van der Waals surface area (Å²) in [6.07, 6.45) is 1.48. The van der Waals surface area contributed by atoms with Crippen LogP contribution in [0.1, 0.15) is 56.5 Å². The maximum atomic E-state index is 13.6. The monoisotopic (exact) mass is 444 g/mol. The number of carbonyl (C=O) groups is 2. The number of fused-ring (bicyclic) bond motifs is 2. The minimum absolute atomic E-state index is 0.0994. The van der Waals surface area contributed by atoms with E-state index in [0.29, 0.717) is 28.7 Å². The number of nitrogens with one attached hydrogen (secondary N) is 1. The smallest absolute Gasteiger partial charge is 0.240 e. The van der Waals surface area contributed by atoms with Gasteiger partial charge in [0.05, 0.1) is 19.3 Å². The molecule has 0 radical (unpaired) electrons. The van der Waals surface area contributed by atoms with Gasteiger partial charge < -0.3 is 15.5 Å². The van der Waals surface area contributed by atoms with Crippen molar-refractivity contribution in [2.45, 2.75) is 71.4 Å². The van der Waals surface area contributed by atoms with Crippen LogP contribution in [0, 0.1) is 29.1 Å². The zero-order valence-corrected chi connectivity index (χ0v) is 19.4. The average Bonchev–Trinajstić information content (AvgIpc) is 3.13. The van der Waals surface area contributed by atoms with Crippen molar-refractivity contribution >= 4 is 12.2 Å². The number of amides is 1. The Hall–Kier alpha value is -1.80. The van der Waals surface area contributed by atoms with Crippen LogP contribution in [0.4, 0.5) is 0 Å². The van der Waals surface area contributed by atoms with E-state index in [-0.39, 0.29) is 25.1 Å². The fraction of sp³-hybridized carbons (Fsp3) is 0.680. The summed E-state index contributed by atoms with van der Waals surface area (Å²) < 4.78 is 0. The van der Waals surface area contributed by atoms with Crippen molar-refractivity contribution in [3.05, 3.63) is 35.4 Å². The number of hydrogen-bond acceptors (Lipinski definition) is 6. The summed E-state index contributed by atoms with van der Waals surface area (Å²) in [5, 5.41) is 25.2. The first-order chi connectivity index (χ1) is 15.2. The van der Waals surface area contributed by atoms with Crippen molar-refractivity contribution < 1.29 is 24.6 Å². The predicted molar refractivity (Wildman–Crippen MR) is 119 cm³/mol. The topological polar surface area (TPSA) is 99.1 Å². The molecule has 0 aromatic heterocycles. The van der Waals surface area contributed by atoms with Gasteiger partial charge in [0.1, 0.15) is 18.4 Å². The fourth-order valence-electron chi connectivity index (χ4n) is 6.43. The summed E-state index contributed by atoms with van der Waals surface area (Å²) in [7, 11) is 0. The molecule has 1 aliphatic heterocycles. The molecule has 4 fully saturated rings. The van der Waals surface area contributed by atoms with E-state index in [4.69, 9.17) is 4.84 Å². The van der Waals surface area contributed by atoms with E-state index in [9.17, 15) is 19.8 Å². The lowest BCUT2D eigenvalue weighted by Crippen LogP contribution is -2.62. The van der Waals surface area contributed by atoms with E-state index >= 15 is 0 Å². The second-order valence-corrected chi connectivity index (χ2v) is 10.6. The number of benzene rings is 1. The van der Waals surface area contributed by atoms with E-state index in [1.54, 1.807) is 30.2 Å². The molecule has 7 heteroatoms. The molecule has 1 heterocycles. The van der Waals surface area contributed by atoms with Gasteiger partial charge in [0.25, 0.3) is 0 Å². The van der Waals surface area contributed by atoms with Crippen LogP contribution < -0.4 is 5.32 Å². The van der Waals surface area contributed by atoms with Crippen molar-refractivity contribution in [2.24, 2.45) is 29.1 Å². The standard InChI is InChI=1S/C25H36N2O5/c1-14-19-9-18(25(19,3)4)10-20(14)26-24(31)23-22(15(2)30)21(13-29)32-27(23)11-16-6-5-7-17(8-16)12-28/h5-8,12,14-15,18-23,29-30H,9-11,13H2,1-4H3,(H,26,31)/t14-,15-,18?,19?,20?,21-,22?,23-/m0/s1. The van der Waals surface area contributed by atoms with Gasteiger partial charge in [-0.1, -0.05) is 39.0 Å². The highest BCUT2D eigenvalue weighted by atomic mass is 16.7. The lowest BCUT2D eigenvalue weighted by molar-refractivity contribution is -0.183. The third-order valence-electron chi connectivity index (χ3n) is 8.49. The zero-order chi connectivity index (χ0) is 23.2. The molecule has 4 aliphatic rings. The Morgan fingerprint density at radius 3 is 2.72 bits per heavy atom. The van der Waals surface area contributed by atoms with Gasteiger partial charge in [0, 0.05) is 17.5 Å². The van der Waals surface area contributed by atoms with Crippen LogP contribution in [0.25, 0.3) is 0 Å². The van der Waals surface area contributed by atoms with Crippen LogP contribution in [0.15, 0.2) is 24.3 Å². The number of carbonyl (C=O) groups excluding carboxylic acids is 2. The Labute approximate surface area is 190 Å². The Balaban J connectivity index is 1.54. The van der Waals surface area contributed by atoms with Gasteiger partial charge in [-0.2, -0.15) is 5.06 Å². The molecule has 7 nitrogen and oxygen atoms in total. The third-order valence-corrected chi connectivity index (χ3v) is 8.49. The van der Waals surface area contributed by atoms with E-state index < -0.39 is 24.2 Å². The van der Waals surface area contributed by atoms with E-state index in [2.05, 4.69) is 26.1 Å². The number of aldehydes is 1. The van der Waals surface area contributed by atoms with Crippen LogP contribution in [0.2, 0.25) is 0 Å². The Bertz CT molecular complexity index is 856. The largest absolute Gasteiger partial charge is 0.394 e. The average molecular weight is 445 g/mol. The highest BCUT2D eigenvalue weighted by Gasteiger charge is 2.57. The molecule has 3 N–H and O–H groups in total. The van der Waals surface area contributed by atoms with Crippen LogP contribution in [-0.4, -0.2) is 58.4 Å². The predicted octanol–water partition coefficient (Wildman–Crippen LogP) is 2.16. The summed E-state index contributed by atoms with van der Waals surface area (Å²) >= 11 is 0. The summed E-state index contributed by atoms with van der Waals surface area (Å²) in [5.41, 5.74) is 1.70. The highest BCUT2D eigenvalue weighted by Crippen LogP contribution is 2.61. The van der Waals surface area contributed by atoms with Gasteiger partial charge in [-0.3, -0.25) is 14.4 Å². The highest BCUT2D eigenvalue weighted by molar-refractivity contribution is 5.83. The zero-order valence-electron chi connectivity index (χ0n) is 19.4. The fourth-order valence-corrected chi connectivity index (χ4v) is 6.43. The van der Waals surface area contributed by atoms with Gasteiger partial charge in [0.15, 0.2) is 0 Å². The molecular formula is C25H36N2O5. The second-order valence-electron chi connectivity index (χ2n) is 10.6. The normalized spacial score (nSPS) is 36.9. The summed E-state index contributed by atoms with van der Waals surface area (Å²) in [5.74, 6) is 0.881. The molecule has 8 atom stereocenters. The molecule has 176 valence electrons. The van der Waals surface area contributed by atoms with E-state index in [0.717, 1.165) is 18.3 Å². The first-order valence-electron chi connectivity index (χ1n) is 11.7. The maximum absolute atomic E-state index is 13.6. The first-order valence-corrected chi connectivity index (χ1v) is 11.7. The molecule has 32 heavy (non-hydrogen) atoms. The minimum Gasteiger partial charge on any atom is -0.394 e. The molecule has 3 saturated carbocycles. The number of nitrogens with zero attached hydrogens (tertiary/aromatic N) is 1. The number of hydrogen-bond donors (Lipinski definition) is 3. The van der Waals surface area contributed by atoms with Crippen molar-refractivity contribution in [1.29, 1.82) is 0 Å². The molecule has 1 aromatic rings. The Kier molecular flexibility index (Phi) is 6.47. The summed E-state index contributed by atoms with van der Waals surface area (Å²) in [6.45, 7) is 8.50. The molecule has 4 unspecified atom stereocenters. The van der Waals surface area contributed by atoms with Crippen LogP contribution in [-0.2, 0) is 16.2 Å². The lowest BCUT2D eigenvalue weighted by atomic mass is 9.45. The van der Waals surface area contributed by atoms with Crippen LogP contribution in [0.5, 0.6) is 0 Å². The van der Waals surface area contributed by atoms with E-state index in [1.165, 1.54) is 6.42 Å². The van der Waals surface area contributed by atoms with Gasteiger partial charge in [0.2, 0.25) is 5.91 Å². The molecule has 5 rings (SSSR count). The lowest BCUT2D eigenvalue weighted by Gasteiger charge is -2.62. The Morgan fingerprint density at radius 2 is 2.12 bits per heavy atom. The molecule has 1 amide bonds. The van der Waals surface area contributed by atoms with Gasteiger partial charge in [-0.15, -0.1) is 0 Å². The quantitative estimate of drug-likeness (QED) is 0.558. The summed E-state index contributed by atoms with van der Waals surface area (Å²) in [6, 6.07) is 6.50. The van der Waals surface area contributed by atoms with Crippen molar-refractivity contribution in [1.82, 2.24) is 10.4 Å².